The van der Waals surface area contributed by atoms with Crippen LogP contribution in [-0.2, 0) is 17.1 Å². The van der Waals surface area contributed by atoms with Crippen molar-refractivity contribution in [2.24, 2.45) is 7.05 Å². The van der Waals surface area contributed by atoms with E-state index in [2.05, 4.69) is 5.10 Å². The number of aryl methyl sites for hydroxylation is 1. The molecule has 3 rings (SSSR count). The quantitative estimate of drug-likeness (QED) is 0.820. The van der Waals surface area contributed by atoms with E-state index in [0.29, 0.717) is 31.8 Å². The predicted octanol–water partition coefficient (Wildman–Crippen LogP) is 0.834. The van der Waals surface area contributed by atoms with E-state index in [0.717, 1.165) is 18.7 Å². The highest BCUT2D eigenvalue weighted by Crippen LogP contribution is 2.40. The van der Waals surface area contributed by atoms with Gasteiger partial charge in [-0.15, -0.1) is 0 Å². The summed E-state index contributed by atoms with van der Waals surface area (Å²) in [5.41, 5.74) is -0.0768. The molecule has 7 nitrogen and oxygen atoms in total. The van der Waals surface area contributed by atoms with E-state index in [4.69, 9.17) is 0 Å². The molecule has 2 aliphatic rings. The van der Waals surface area contributed by atoms with Gasteiger partial charge in [0.05, 0.1) is 5.25 Å². The molecule has 1 aromatic heterocycles. The van der Waals surface area contributed by atoms with Crippen LogP contribution in [0.1, 0.15) is 57.3 Å². The minimum absolute atomic E-state index is 0.0652. The number of nitrogens with zero attached hydrogens (tertiary/aromatic N) is 4. The van der Waals surface area contributed by atoms with Crippen molar-refractivity contribution in [2.45, 2.75) is 56.7 Å². The molecule has 0 radical (unpaired) electrons. The molecule has 1 saturated carbocycles. The number of hydrogen-bond donors (Lipinski definition) is 0. The van der Waals surface area contributed by atoms with Gasteiger partial charge in [0.15, 0.2) is 0 Å². The first kappa shape index (κ1) is 15.7. The highest BCUT2D eigenvalue weighted by Gasteiger charge is 2.36. The zero-order chi connectivity index (χ0) is 16.1. The Morgan fingerprint density at radius 2 is 1.73 bits per heavy atom. The lowest BCUT2D eigenvalue weighted by atomic mass is 10.1. The lowest BCUT2D eigenvalue weighted by Crippen LogP contribution is -2.43. The first-order valence-electron chi connectivity index (χ1n) is 7.96. The molecule has 0 unspecified atom stereocenters. The monoisotopic (exact) mass is 328 g/mol. The van der Waals surface area contributed by atoms with Gasteiger partial charge in [0, 0.05) is 32.1 Å². The van der Waals surface area contributed by atoms with Gasteiger partial charge >= 0.3 is 5.69 Å². The maximum absolute atomic E-state index is 12.3. The first-order valence-corrected chi connectivity index (χ1v) is 9.47. The largest absolute Gasteiger partial charge is 0.345 e. The van der Waals surface area contributed by atoms with Gasteiger partial charge in [0.2, 0.25) is 10.0 Å². The standard InChI is InChI=1S/C14H24N4O3S/c1-10(2)22(20,21)17-8-6-12(7-9-17)18-13(11-4-5-11)15-16(3)14(18)19/h10-12H,4-9H2,1-3H3. The van der Waals surface area contributed by atoms with E-state index in [9.17, 15) is 13.2 Å². The third-order valence-corrected chi connectivity index (χ3v) is 6.95. The lowest BCUT2D eigenvalue weighted by molar-refractivity contribution is 0.265. The second-order valence-corrected chi connectivity index (χ2v) is 9.12. The fourth-order valence-corrected chi connectivity index (χ4v) is 4.43. The maximum atomic E-state index is 12.3. The summed E-state index contributed by atoms with van der Waals surface area (Å²) in [4.78, 5) is 12.3. The lowest BCUT2D eigenvalue weighted by Gasteiger charge is -2.32. The van der Waals surface area contributed by atoms with E-state index in [-0.39, 0.29) is 11.7 Å². The summed E-state index contributed by atoms with van der Waals surface area (Å²) in [6.45, 7) is 4.38. The van der Waals surface area contributed by atoms with Crippen LogP contribution < -0.4 is 5.69 Å². The third kappa shape index (κ3) is 2.62. The molecule has 1 aromatic rings. The Kier molecular flexibility index (Phi) is 3.92. The van der Waals surface area contributed by atoms with Gasteiger partial charge in [-0.2, -0.15) is 5.10 Å². The van der Waals surface area contributed by atoms with Crippen LogP contribution in [-0.4, -0.2) is 45.4 Å². The molecule has 0 amide bonds. The summed E-state index contributed by atoms with van der Waals surface area (Å²) in [7, 11) is -1.52. The van der Waals surface area contributed by atoms with Crippen molar-refractivity contribution in [1.82, 2.24) is 18.7 Å². The average Bonchev–Trinajstić information content (AvgIpc) is 3.27. The summed E-state index contributed by atoms with van der Waals surface area (Å²) < 4.78 is 29.2. The number of rotatable bonds is 4. The number of sulfonamides is 1. The number of aromatic nitrogens is 3. The van der Waals surface area contributed by atoms with E-state index >= 15 is 0 Å². The van der Waals surface area contributed by atoms with E-state index < -0.39 is 15.3 Å². The van der Waals surface area contributed by atoms with Gasteiger partial charge in [0.1, 0.15) is 5.82 Å². The van der Waals surface area contributed by atoms with Crippen LogP contribution >= 0.6 is 0 Å². The number of piperidine rings is 1. The van der Waals surface area contributed by atoms with Gasteiger partial charge in [-0.25, -0.2) is 22.2 Å². The molecule has 1 aliphatic heterocycles. The van der Waals surface area contributed by atoms with Gasteiger partial charge in [0.25, 0.3) is 0 Å². The minimum atomic E-state index is -3.20. The van der Waals surface area contributed by atoms with E-state index in [1.54, 1.807) is 25.2 Å². The fraction of sp³-hybridized carbons (Fsp3) is 0.857. The zero-order valence-electron chi connectivity index (χ0n) is 13.4. The van der Waals surface area contributed by atoms with Crippen molar-refractivity contribution in [3.8, 4) is 0 Å². The molecule has 0 bridgehead atoms. The van der Waals surface area contributed by atoms with Gasteiger partial charge in [-0.3, -0.25) is 4.57 Å². The molecule has 1 aliphatic carbocycles. The van der Waals surface area contributed by atoms with Crippen LogP contribution in [0, 0.1) is 0 Å². The molecule has 2 heterocycles. The van der Waals surface area contributed by atoms with E-state index in [1.165, 1.54) is 4.68 Å². The summed E-state index contributed by atoms with van der Waals surface area (Å²) in [6, 6.07) is 0.0652. The van der Waals surface area contributed by atoms with Gasteiger partial charge in [-0.05, 0) is 39.5 Å². The highest BCUT2D eigenvalue weighted by molar-refractivity contribution is 7.89. The van der Waals surface area contributed by atoms with Crippen molar-refractivity contribution in [3.05, 3.63) is 16.3 Å². The fourth-order valence-electron chi connectivity index (χ4n) is 3.11. The molecular formula is C14H24N4O3S. The molecular weight excluding hydrogens is 304 g/mol. The Hall–Kier alpha value is -1.15. The Morgan fingerprint density at radius 3 is 2.23 bits per heavy atom. The molecule has 2 fully saturated rings. The summed E-state index contributed by atoms with van der Waals surface area (Å²) in [6.07, 6.45) is 3.54. The molecule has 124 valence electrons. The van der Waals surface area contributed by atoms with Crippen LogP contribution in [0.15, 0.2) is 4.79 Å². The van der Waals surface area contributed by atoms with Crippen LogP contribution in [0.5, 0.6) is 0 Å². The SMILES string of the molecule is CC(C)S(=O)(=O)N1CCC(n2c(C3CC3)nn(C)c2=O)CC1. The van der Waals surface area contributed by atoms with Crippen LogP contribution in [0.4, 0.5) is 0 Å². The smallest absolute Gasteiger partial charge is 0.275 e. The Labute approximate surface area is 131 Å². The molecule has 0 N–H and O–H groups in total. The Bertz CT molecular complexity index is 707. The Morgan fingerprint density at radius 1 is 1.14 bits per heavy atom. The highest BCUT2D eigenvalue weighted by atomic mass is 32.2. The topological polar surface area (TPSA) is 77.2 Å². The van der Waals surface area contributed by atoms with Crippen molar-refractivity contribution in [3.63, 3.8) is 0 Å². The Balaban J connectivity index is 1.79. The second kappa shape index (κ2) is 5.49. The average molecular weight is 328 g/mol. The van der Waals surface area contributed by atoms with Crippen molar-refractivity contribution < 1.29 is 8.42 Å². The van der Waals surface area contributed by atoms with Crippen LogP contribution in [0.3, 0.4) is 0 Å². The molecule has 22 heavy (non-hydrogen) atoms. The van der Waals surface area contributed by atoms with E-state index in [1.807, 2.05) is 4.57 Å². The molecule has 8 heteroatoms. The van der Waals surface area contributed by atoms with Crippen molar-refractivity contribution in [2.75, 3.05) is 13.1 Å². The molecule has 0 aromatic carbocycles. The summed E-state index contributed by atoms with van der Waals surface area (Å²) in [5.74, 6) is 1.30. The molecule has 0 spiro atoms. The predicted molar refractivity (Wildman–Crippen MR) is 83.3 cm³/mol. The van der Waals surface area contributed by atoms with Crippen LogP contribution in [0.25, 0.3) is 0 Å². The van der Waals surface area contributed by atoms with Crippen LogP contribution in [0.2, 0.25) is 0 Å². The second-order valence-electron chi connectivity index (χ2n) is 6.63. The molecule has 0 atom stereocenters. The number of hydrogen-bond acceptors (Lipinski definition) is 4. The van der Waals surface area contributed by atoms with Gasteiger partial charge in [-0.1, -0.05) is 0 Å². The summed E-state index contributed by atoms with van der Waals surface area (Å²) in [5, 5.41) is 3.98. The maximum Gasteiger partial charge on any atom is 0.345 e. The normalized spacial score (nSPS) is 21.6. The summed E-state index contributed by atoms with van der Waals surface area (Å²) >= 11 is 0. The molecule has 1 saturated heterocycles. The van der Waals surface area contributed by atoms with Gasteiger partial charge < -0.3 is 0 Å². The first-order chi connectivity index (χ1) is 10.3. The van der Waals surface area contributed by atoms with Crippen molar-refractivity contribution in [1.29, 1.82) is 0 Å². The zero-order valence-corrected chi connectivity index (χ0v) is 14.2. The third-order valence-electron chi connectivity index (χ3n) is 4.67. The van der Waals surface area contributed by atoms with Crippen molar-refractivity contribution >= 4 is 10.0 Å². The minimum Gasteiger partial charge on any atom is -0.275 e.